The predicted octanol–water partition coefficient (Wildman–Crippen LogP) is 4.55. The van der Waals surface area contributed by atoms with Crippen LogP contribution < -0.4 is 5.73 Å². The van der Waals surface area contributed by atoms with Crippen LogP contribution in [0.1, 0.15) is 5.56 Å². The van der Waals surface area contributed by atoms with Crippen LogP contribution in [0, 0.1) is 6.92 Å². The van der Waals surface area contributed by atoms with Gasteiger partial charge in [0.1, 0.15) is 0 Å². The van der Waals surface area contributed by atoms with E-state index in [0.29, 0.717) is 10.7 Å². The van der Waals surface area contributed by atoms with E-state index in [9.17, 15) is 0 Å². The zero-order chi connectivity index (χ0) is 11.7. The highest BCUT2D eigenvalue weighted by Gasteiger charge is 2.03. The van der Waals surface area contributed by atoms with Gasteiger partial charge in [-0.05, 0) is 41.8 Å². The van der Waals surface area contributed by atoms with Gasteiger partial charge < -0.3 is 5.73 Å². The number of benzene rings is 2. The molecule has 0 aliphatic carbocycles. The summed E-state index contributed by atoms with van der Waals surface area (Å²) in [5.74, 6) is 0. The number of nitrogens with two attached hydrogens (primary N) is 1. The first-order valence-corrected chi connectivity index (χ1v) is 5.65. The SMILES string of the molecule is Cc1ccc(-c2ccc(Cl)c(N)c2)cc1Cl. The van der Waals surface area contributed by atoms with Gasteiger partial charge in [0.2, 0.25) is 0 Å². The average Bonchev–Trinajstić information content (AvgIpc) is 2.26. The summed E-state index contributed by atoms with van der Waals surface area (Å²) in [5.41, 5.74) is 9.46. The maximum Gasteiger partial charge on any atom is 0.0635 e. The van der Waals surface area contributed by atoms with Crippen LogP contribution in [0.25, 0.3) is 11.1 Å². The molecular formula is C13H11Cl2N. The van der Waals surface area contributed by atoms with E-state index in [2.05, 4.69) is 0 Å². The zero-order valence-corrected chi connectivity index (χ0v) is 10.3. The van der Waals surface area contributed by atoms with Crippen LogP contribution in [0.15, 0.2) is 36.4 Å². The smallest absolute Gasteiger partial charge is 0.0635 e. The molecule has 3 heteroatoms. The van der Waals surface area contributed by atoms with E-state index in [1.54, 1.807) is 6.07 Å². The highest BCUT2D eigenvalue weighted by molar-refractivity contribution is 6.33. The maximum atomic E-state index is 6.08. The fourth-order valence-corrected chi connectivity index (χ4v) is 1.79. The highest BCUT2D eigenvalue weighted by atomic mass is 35.5. The molecule has 0 radical (unpaired) electrons. The molecule has 0 aliphatic rings. The molecule has 0 unspecified atom stereocenters. The van der Waals surface area contributed by atoms with Gasteiger partial charge in [-0.25, -0.2) is 0 Å². The van der Waals surface area contributed by atoms with Crippen LogP contribution in [-0.2, 0) is 0 Å². The Hall–Kier alpha value is -1.18. The molecule has 2 aromatic rings. The third kappa shape index (κ3) is 2.16. The van der Waals surface area contributed by atoms with Crippen molar-refractivity contribution in [1.82, 2.24) is 0 Å². The van der Waals surface area contributed by atoms with Crippen molar-refractivity contribution in [3.63, 3.8) is 0 Å². The lowest BCUT2D eigenvalue weighted by Gasteiger charge is -2.06. The number of nitrogen functional groups attached to an aromatic ring is 1. The van der Waals surface area contributed by atoms with Gasteiger partial charge in [-0.15, -0.1) is 0 Å². The zero-order valence-electron chi connectivity index (χ0n) is 8.80. The lowest BCUT2D eigenvalue weighted by molar-refractivity contribution is 1.47. The number of aryl methyl sites for hydroxylation is 1. The van der Waals surface area contributed by atoms with Gasteiger partial charge in [0.25, 0.3) is 0 Å². The molecule has 0 saturated carbocycles. The molecule has 0 fully saturated rings. The summed E-state index contributed by atoms with van der Waals surface area (Å²) in [4.78, 5) is 0. The van der Waals surface area contributed by atoms with Crippen molar-refractivity contribution in [2.45, 2.75) is 6.92 Å². The first-order chi connectivity index (χ1) is 7.58. The Morgan fingerprint density at radius 1 is 0.875 bits per heavy atom. The largest absolute Gasteiger partial charge is 0.398 e. The van der Waals surface area contributed by atoms with Crippen molar-refractivity contribution in [2.24, 2.45) is 0 Å². The Morgan fingerprint density at radius 2 is 1.50 bits per heavy atom. The van der Waals surface area contributed by atoms with E-state index in [4.69, 9.17) is 28.9 Å². The molecular weight excluding hydrogens is 241 g/mol. The molecule has 2 rings (SSSR count). The third-order valence-corrected chi connectivity index (χ3v) is 3.25. The minimum absolute atomic E-state index is 0.571. The van der Waals surface area contributed by atoms with Gasteiger partial charge >= 0.3 is 0 Å². The van der Waals surface area contributed by atoms with Gasteiger partial charge in [0.15, 0.2) is 0 Å². The summed E-state index contributed by atoms with van der Waals surface area (Å²) >= 11 is 12.0. The van der Waals surface area contributed by atoms with Crippen LogP contribution in [0.5, 0.6) is 0 Å². The molecule has 0 spiro atoms. The number of halogens is 2. The van der Waals surface area contributed by atoms with E-state index in [1.807, 2.05) is 37.3 Å². The van der Waals surface area contributed by atoms with Gasteiger partial charge in [0.05, 0.1) is 10.7 Å². The quantitative estimate of drug-likeness (QED) is 0.740. The minimum atomic E-state index is 0.571. The van der Waals surface area contributed by atoms with Crippen molar-refractivity contribution < 1.29 is 0 Å². The molecule has 0 aromatic heterocycles. The molecule has 0 amide bonds. The second kappa shape index (κ2) is 4.36. The van der Waals surface area contributed by atoms with Gasteiger partial charge in [-0.1, -0.05) is 41.4 Å². The predicted molar refractivity (Wildman–Crippen MR) is 71.0 cm³/mol. The van der Waals surface area contributed by atoms with Crippen molar-refractivity contribution in [3.8, 4) is 11.1 Å². The molecule has 16 heavy (non-hydrogen) atoms. The molecule has 0 heterocycles. The average molecular weight is 252 g/mol. The molecule has 1 nitrogen and oxygen atoms in total. The van der Waals surface area contributed by atoms with E-state index >= 15 is 0 Å². The van der Waals surface area contributed by atoms with Crippen LogP contribution >= 0.6 is 23.2 Å². The van der Waals surface area contributed by atoms with E-state index < -0.39 is 0 Å². The Bertz CT molecular complexity index is 486. The summed E-state index contributed by atoms with van der Waals surface area (Å²) in [7, 11) is 0. The molecule has 2 N–H and O–H groups in total. The topological polar surface area (TPSA) is 26.0 Å². The molecule has 0 atom stereocenters. The third-order valence-electron chi connectivity index (χ3n) is 2.50. The van der Waals surface area contributed by atoms with Crippen LogP contribution in [0.3, 0.4) is 0 Å². The molecule has 82 valence electrons. The number of hydrogen-bond acceptors (Lipinski definition) is 1. The van der Waals surface area contributed by atoms with Crippen molar-refractivity contribution in [2.75, 3.05) is 5.73 Å². The van der Waals surface area contributed by atoms with E-state index in [0.717, 1.165) is 21.7 Å². The summed E-state index contributed by atoms with van der Waals surface area (Å²) < 4.78 is 0. The van der Waals surface area contributed by atoms with Gasteiger partial charge in [0, 0.05) is 5.02 Å². The lowest BCUT2D eigenvalue weighted by Crippen LogP contribution is -1.87. The summed E-state index contributed by atoms with van der Waals surface area (Å²) in [6.45, 7) is 1.97. The minimum Gasteiger partial charge on any atom is -0.398 e. The van der Waals surface area contributed by atoms with E-state index in [1.165, 1.54) is 0 Å². The highest BCUT2D eigenvalue weighted by Crippen LogP contribution is 2.29. The lowest BCUT2D eigenvalue weighted by atomic mass is 10.0. The van der Waals surface area contributed by atoms with Crippen LogP contribution in [0.4, 0.5) is 5.69 Å². The maximum absolute atomic E-state index is 6.08. The Balaban J connectivity index is 2.50. The fourth-order valence-electron chi connectivity index (χ4n) is 1.50. The Morgan fingerprint density at radius 3 is 2.12 bits per heavy atom. The molecule has 0 saturated heterocycles. The number of anilines is 1. The molecule has 0 bridgehead atoms. The van der Waals surface area contributed by atoms with Gasteiger partial charge in [-0.2, -0.15) is 0 Å². The summed E-state index contributed by atoms with van der Waals surface area (Å²) in [5, 5.41) is 1.33. The van der Waals surface area contributed by atoms with Crippen molar-refractivity contribution in [3.05, 3.63) is 52.0 Å². The van der Waals surface area contributed by atoms with Gasteiger partial charge in [-0.3, -0.25) is 0 Å². The number of rotatable bonds is 1. The summed E-state index contributed by atoms with van der Waals surface area (Å²) in [6.07, 6.45) is 0. The first-order valence-electron chi connectivity index (χ1n) is 4.89. The monoisotopic (exact) mass is 251 g/mol. The first kappa shape index (κ1) is 11.3. The molecule has 0 aliphatic heterocycles. The van der Waals surface area contributed by atoms with Crippen molar-refractivity contribution in [1.29, 1.82) is 0 Å². The van der Waals surface area contributed by atoms with Crippen LogP contribution in [-0.4, -0.2) is 0 Å². The Labute approximate surface area is 105 Å². The normalized spacial score (nSPS) is 10.4. The fraction of sp³-hybridized carbons (Fsp3) is 0.0769. The van der Waals surface area contributed by atoms with Crippen molar-refractivity contribution >= 4 is 28.9 Å². The summed E-state index contributed by atoms with van der Waals surface area (Å²) in [6, 6.07) is 11.5. The number of hydrogen-bond donors (Lipinski definition) is 1. The second-order valence-electron chi connectivity index (χ2n) is 3.70. The van der Waals surface area contributed by atoms with E-state index in [-0.39, 0.29) is 0 Å². The Kier molecular flexibility index (Phi) is 3.08. The standard InChI is InChI=1S/C13H11Cl2N/c1-8-2-3-9(6-12(8)15)10-4-5-11(14)13(16)7-10/h2-7H,16H2,1H3. The van der Waals surface area contributed by atoms with Crippen LogP contribution in [0.2, 0.25) is 10.0 Å². The second-order valence-corrected chi connectivity index (χ2v) is 4.51. The molecule has 2 aromatic carbocycles.